The quantitative estimate of drug-likeness (QED) is 0.884. The van der Waals surface area contributed by atoms with Crippen molar-refractivity contribution in [2.45, 2.75) is 20.8 Å². The van der Waals surface area contributed by atoms with E-state index in [-0.39, 0.29) is 24.2 Å². The van der Waals surface area contributed by atoms with Crippen molar-refractivity contribution in [1.82, 2.24) is 10.3 Å². The lowest BCUT2D eigenvalue weighted by molar-refractivity contribution is -0.121. The Balaban J connectivity index is 0.00000192. The molecule has 6 heteroatoms. The Morgan fingerprint density at radius 1 is 1.39 bits per heavy atom. The molecular weight excluding hydrogens is 330 g/mol. The molecule has 1 amide bonds. The molecule has 1 aliphatic heterocycles. The number of carbonyl (C=O) groups excluding carboxylic acids is 1. The summed E-state index contributed by atoms with van der Waals surface area (Å²) in [5.74, 6) is 0.529. The molecule has 1 aromatic carbocycles. The summed E-state index contributed by atoms with van der Waals surface area (Å²) in [7, 11) is 0. The second kappa shape index (κ2) is 7.43. The number of hydrogen-bond donors (Lipinski definition) is 2. The van der Waals surface area contributed by atoms with E-state index in [2.05, 4.69) is 47.7 Å². The molecule has 0 spiro atoms. The third kappa shape index (κ3) is 3.91. The van der Waals surface area contributed by atoms with Crippen LogP contribution in [0.4, 0.5) is 5.13 Å². The summed E-state index contributed by atoms with van der Waals surface area (Å²) < 4.78 is 0. The van der Waals surface area contributed by atoms with Crippen LogP contribution in [0.3, 0.4) is 0 Å². The van der Waals surface area contributed by atoms with Gasteiger partial charge >= 0.3 is 0 Å². The highest BCUT2D eigenvalue weighted by molar-refractivity contribution is 7.14. The van der Waals surface area contributed by atoms with E-state index >= 15 is 0 Å². The average Bonchev–Trinajstić information content (AvgIpc) is 2.84. The maximum Gasteiger partial charge on any atom is 0.229 e. The van der Waals surface area contributed by atoms with Crippen LogP contribution in [0, 0.1) is 25.7 Å². The first-order chi connectivity index (χ1) is 10.5. The van der Waals surface area contributed by atoms with Crippen molar-refractivity contribution in [2.24, 2.45) is 11.8 Å². The van der Waals surface area contributed by atoms with Crippen LogP contribution in [0.25, 0.3) is 11.3 Å². The molecule has 2 N–H and O–H groups in total. The predicted molar refractivity (Wildman–Crippen MR) is 98.4 cm³/mol. The van der Waals surface area contributed by atoms with Crippen molar-refractivity contribution < 1.29 is 4.79 Å². The third-order valence-electron chi connectivity index (χ3n) is 4.33. The molecule has 124 valence electrons. The number of carbonyl (C=O) groups is 1. The van der Waals surface area contributed by atoms with Crippen molar-refractivity contribution in [3.8, 4) is 11.3 Å². The fourth-order valence-corrected chi connectivity index (χ4v) is 3.37. The van der Waals surface area contributed by atoms with Crippen LogP contribution in [-0.4, -0.2) is 24.0 Å². The molecule has 1 saturated heterocycles. The Bertz CT molecular complexity index is 697. The largest absolute Gasteiger partial charge is 0.316 e. The Morgan fingerprint density at radius 3 is 2.74 bits per heavy atom. The highest BCUT2D eigenvalue weighted by Gasteiger charge is 2.29. The van der Waals surface area contributed by atoms with Crippen LogP contribution < -0.4 is 10.6 Å². The van der Waals surface area contributed by atoms with E-state index in [1.807, 2.05) is 12.3 Å². The van der Waals surface area contributed by atoms with Crippen LogP contribution in [0.2, 0.25) is 0 Å². The molecule has 23 heavy (non-hydrogen) atoms. The van der Waals surface area contributed by atoms with Gasteiger partial charge in [0.15, 0.2) is 5.13 Å². The highest BCUT2D eigenvalue weighted by atomic mass is 35.5. The zero-order chi connectivity index (χ0) is 15.7. The monoisotopic (exact) mass is 351 g/mol. The molecule has 0 radical (unpaired) electrons. The van der Waals surface area contributed by atoms with Crippen LogP contribution in [-0.2, 0) is 4.79 Å². The van der Waals surface area contributed by atoms with Gasteiger partial charge < -0.3 is 10.6 Å². The Labute approximate surface area is 147 Å². The average molecular weight is 352 g/mol. The first-order valence-electron chi connectivity index (χ1n) is 7.59. The van der Waals surface area contributed by atoms with Gasteiger partial charge in [-0.25, -0.2) is 4.98 Å². The molecule has 0 aliphatic carbocycles. The summed E-state index contributed by atoms with van der Waals surface area (Å²) in [5, 5.41) is 8.84. The van der Waals surface area contributed by atoms with Crippen LogP contribution in [0.15, 0.2) is 23.6 Å². The summed E-state index contributed by atoms with van der Waals surface area (Å²) in [6.45, 7) is 8.02. The van der Waals surface area contributed by atoms with E-state index in [0.29, 0.717) is 11.0 Å². The van der Waals surface area contributed by atoms with Gasteiger partial charge in [-0.05, 0) is 38.4 Å². The van der Waals surface area contributed by atoms with E-state index in [9.17, 15) is 4.79 Å². The van der Waals surface area contributed by atoms with Crippen molar-refractivity contribution in [1.29, 1.82) is 0 Å². The number of aryl methyl sites for hydroxylation is 2. The first kappa shape index (κ1) is 17.9. The van der Waals surface area contributed by atoms with Gasteiger partial charge in [0.1, 0.15) is 0 Å². The minimum absolute atomic E-state index is 0. The molecule has 4 nitrogen and oxygen atoms in total. The number of halogens is 1. The molecule has 0 bridgehead atoms. The second-order valence-electron chi connectivity index (χ2n) is 6.05. The van der Waals surface area contributed by atoms with Crippen LogP contribution >= 0.6 is 23.7 Å². The van der Waals surface area contributed by atoms with Gasteiger partial charge in [-0.2, -0.15) is 0 Å². The van der Waals surface area contributed by atoms with Crippen molar-refractivity contribution in [3.63, 3.8) is 0 Å². The number of nitrogens with zero attached hydrogens (tertiary/aromatic N) is 1. The van der Waals surface area contributed by atoms with Gasteiger partial charge in [-0.3, -0.25) is 4.79 Å². The van der Waals surface area contributed by atoms with Gasteiger partial charge in [0, 0.05) is 16.9 Å². The molecule has 1 aromatic heterocycles. The van der Waals surface area contributed by atoms with Crippen LogP contribution in [0.1, 0.15) is 18.1 Å². The SMILES string of the molecule is Cc1ccc(-c2csc(NC(=O)C(C)C3CNC3)n2)c(C)c1.Cl. The number of anilines is 1. The van der Waals surface area contributed by atoms with Gasteiger partial charge in [0.05, 0.1) is 5.69 Å². The van der Waals surface area contributed by atoms with E-state index in [4.69, 9.17) is 0 Å². The van der Waals surface area contributed by atoms with Crippen molar-refractivity contribution in [3.05, 3.63) is 34.7 Å². The normalized spacial score (nSPS) is 15.4. The standard InChI is InChI=1S/C17H21N3OS.ClH/c1-10-4-5-14(11(2)6-10)15-9-22-17(19-15)20-16(21)12(3)13-7-18-8-13;/h4-6,9,12-13,18H,7-8H2,1-3H3,(H,19,20,21);1H. The summed E-state index contributed by atoms with van der Waals surface area (Å²) in [4.78, 5) is 16.8. The number of benzene rings is 1. The minimum atomic E-state index is 0. The zero-order valence-electron chi connectivity index (χ0n) is 13.6. The minimum Gasteiger partial charge on any atom is -0.316 e. The summed E-state index contributed by atoms with van der Waals surface area (Å²) in [6, 6.07) is 6.33. The number of aromatic nitrogens is 1. The number of hydrogen-bond acceptors (Lipinski definition) is 4. The third-order valence-corrected chi connectivity index (χ3v) is 5.08. The maximum absolute atomic E-state index is 12.2. The molecule has 1 aliphatic rings. The molecule has 2 heterocycles. The smallest absolute Gasteiger partial charge is 0.229 e. The second-order valence-corrected chi connectivity index (χ2v) is 6.91. The highest BCUT2D eigenvalue weighted by Crippen LogP contribution is 2.28. The van der Waals surface area contributed by atoms with Gasteiger partial charge in [-0.15, -0.1) is 23.7 Å². The lowest BCUT2D eigenvalue weighted by atomic mass is 9.88. The Hall–Kier alpha value is -1.43. The Kier molecular flexibility index (Phi) is 5.79. The molecule has 2 aromatic rings. The lowest BCUT2D eigenvalue weighted by Gasteiger charge is -2.31. The van der Waals surface area contributed by atoms with Gasteiger partial charge in [-0.1, -0.05) is 30.7 Å². The molecule has 1 unspecified atom stereocenters. The lowest BCUT2D eigenvalue weighted by Crippen LogP contribution is -2.48. The van der Waals surface area contributed by atoms with E-state index in [1.54, 1.807) is 0 Å². The zero-order valence-corrected chi connectivity index (χ0v) is 15.2. The summed E-state index contributed by atoms with van der Waals surface area (Å²) >= 11 is 1.48. The maximum atomic E-state index is 12.2. The van der Waals surface area contributed by atoms with Gasteiger partial charge in [0.25, 0.3) is 0 Å². The predicted octanol–water partition coefficient (Wildman–Crippen LogP) is 3.64. The topological polar surface area (TPSA) is 54.0 Å². The molecule has 0 saturated carbocycles. The summed E-state index contributed by atoms with van der Waals surface area (Å²) in [6.07, 6.45) is 0. The fourth-order valence-electron chi connectivity index (χ4n) is 2.65. The number of thiazole rings is 1. The molecule has 1 atom stereocenters. The number of amides is 1. The first-order valence-corrected chi connectivity index (χ1v) is 8.47. The van der Waals surface area contributed by atoms with Gasteiger partial charge in [0.2, 0.25) is 5.91 Å². The number of nitrogens with one attached hydrogen (secondary N) is 2. The fraction of sp³-hybridized carbons (Fsp3) is 0.412. The molecular formula is C17H22ClN3OS. The van der Waals surface area contributed by atoms with Crippen molar-refractivity contribution in [2.75, 3.05) is 18.4 Å². The van der Waals surface area contributed by atoms with E-state index in [1.165, 1.54) is 22.5 Å². The molecule has 1 fully saturated rings. The summed E-state index contributed by atoms with van der Waals surface area (Å²) in [5.41, 5.74) is 4.50. The molecule has 3 rings (SSSR count). The van der Waals surface area contributed by atoms with Crippen LogP contribution in [0.5, 0.6) is 0 Å². The number of rotatable bonds is 4. The Morgan fingerprint density at radius 2 is 2.13 bits per heavy atom. The van der Waals surface area contributed by atoms with E-state index < -0.39 is 0 Å². The van der Waals surface area contributed by atoms with E-state index in [0.717, 1.165) is 24.3 Å². The van der Waals surface area contributed by atoms with Crippen molar-refractivity contribution >= 4 is 34.8 Å².